The molecule has 2 heterocycles. The van der Waals surface area contributed by atoms with Crippen LogP contribution in [-0.2, 0) is 28.9 Å². The first-order valence-corrected chi connectivity index (χ1v) is 14.1. The third kappa shape index (κ3) is 7.61. The van der Waals surface area contributed by atoms with E-state index in [-0.39, 0.29) is 18.3 Å². The lowest BCUT2D eigenvalue weighted by molar-refractivity contribution is -0.113. The number of hydrogen-bond donors (Lipinski definition) is 1. The van der Waals surface area contributed by atoms with Crippen molar-refractivity contribution < 1.29 is 19.1 Å². The maximum absolute atomic E-state index is 12.6. The molecule has 0 spiro atoms. The second-order valence-corrected chi connectivity index (χ2v) is 10.5. The summed E-state index contributed by atoms with van der Waals surface area (Å²) in [5, 5.41) is 13.6. The molecular formula is C24H28Cl2N4O4S2. The average Bonchev–Trinajstić information content (AvgIpc) is 3.45. The van der Waals surface area contributed by atoms with Crippen LogP contribution < -0.4 is 10.1 Å². The van der Waals surface area contributed by atoms with E-state index < -0.39 is 5.97 Å². The maximum atomic E-state index is 12.6. The summed E-state index contributed by atoms with van der Waals surface area (Å²) in [7, 11) is 0. The maximum Gasteiger partial charge on any atom is 0.341 e. The molecule has 0 radical (unpaired) electrons. The van der Waals surface area contributed by atoms with E-state index in [0.717, 1.165) is 23.5 Å². The number of ether oxygens (including phenoxy) is 2. The summed E-state index contributed by atoms with van der Waals surface area (Å²) in [5.41, 5.74) is 0.387. The molecule has 0 aliphatic carbocycles. The van der Waals surface area contributed by atoms with Gasteiger partial charge in [0.2, 0.25) is 5.91 Å². The molecule has 1 amide bonds. The second-order valence-electron chi connectivity index (χ2n) is 7.54. The third-order valence-corrected chi connectivity index (χ3v) is 7.71. The predicted molar refractivity (Wildman–Crippen MR) is 145 cm³/mol. The molecule has 0 unspecified atom stereocenters. The molecule has 0 aliphatic rings. The second kappa shape index (κ2) is 13.9. The fraction of sp³-hybridized carbons (Fsp3) is 0.417. The molecule has 2 aromatic heterocycles. The van der Waals surface area contributed by atoms with Gasteiger partial charge in [0.05, 0.1) is 29.6 Å². The lowest BCUT2D eigenvalue weighted by Gasteiger charge is -2.09. The molecule has 36 heavy (non-hydrogen) atoms. The number of rotatable bonds is 13. The number of nitrogens with one attached hydrogen (secondary N) is 1. The number of aryl methyl sites for hydroxylation is 2. The SMILES string of the molecule is CCOC(=O)c1cc(CC)sc1NC(=O)CSc1nnc(CCCOc2ccc(Cl)cc2Cl)n1CC. The van der Waals surface area contributed by atoms with E-state index in [0.29, 0.717) is 51.1 Å². The number of nitrogens with zero attached hydrogens (tertiary/aromatic N) is 3. The quantitative estimate of drug-likeness (QED) is 0.149. The van der Waals surface area contributed by atoms with Crippen molar-refractivity contribution in [1.82, 2.24) is 14.8 Å². The number of benzene rings is 1. The van der Waals surface area contributed by atoms with Gasteiger partial charge in [-0.15, -0.1) is 21.5 Å². The lowest BCUT2D eigenvalue weighted by atomic mass is 10.2. The molecule has 0 atom stereocenters. The fourth-order valence-electron chi connectivity index (χ4n) is 3.30. The lowest BCUT2D eigenvalue weighted by Crippen LogP contribution is -2.16. The number of thiophene rings is 1. The number of thioether (sulfide) groups is 1. The fourth-order valence-corrected chi connectivity index (χ4v) is 5.58. The van der Waals surface area contributed by atoms with E-state index in [1.54, 1.807) is 31.2 Å². The van der Waals surface area contributed by atoms with Crippen molar-refractivity contribution in [3.05, 3.63) is 50.6 Å². The highest BCUT2D eigenvalue weighted by Crippen LogP contribution is 2.30. The Balaban J connectivity index is 1.53. The number of anilines is 1. The molecule has 3 rings (SSSR count). The zero-order chi connectivity index (χ0) is 26.1. The summed E-state index contributed by atoms with van der Waals surface area (Å²) in [5.74, 6) is 0.882. The molecule has 3 aromatic rings. The van der Waals surface area contributed by atoms with E-state index in [1.165, 1.54) is 23.1 Å². The largest absolute Gasteiger partial charge is 0.492 e. The number of esters is 1. The standard InChI is InChI=1S/C24H28Cl2N4O4S2/c1-4-16-13-17(23(32)33-6-3)22(36-16)27-21(31)14-35-24-29-28-20(30(24)5-2)8-7-11-34-19-10-9-15(25)12-18(19)26/h9-10,12-13H,4-8,11,14H2,1-3H3,(H,27,31). The Labute approximate surface area is 228 Å². The van der Waals surface area contributed by atoms with Gasteiger partial charge in [0, 0.05) is 22.9 Å². The van der Waals surface area contributed by atoms with Crippen LogP contribution in [0.2, 0.25) is 10.0 Å². The van der Waals surface area contributed by atoms with Crippen molar-refractivity contribution >= 4 is 63.2 Å². The third-order valence-electron chi connectivity index (χ3n) is 5.02. The van der Waals surface area contributed by atoms with Crippen LogP contribution in [0, 0.1) is 0 Å². The van der Waals surface area contributed by atoms with Gasteiger partial charge in [-0.05, 0) is 51.0 Å². The molecular weight excluding hydrogens is 543 g/mol. The smallest absolute Gasteiger partial charge is 0.341 e. The van der Waals surface area contributed by atoms with Crippen LogP contribution >= 0.6 is 46.3 Å². The van der Waals surface area contributed by atoms with Gasteiger partial charge >= 0.3 is 5.97 Å². The van der Waals surface area contributed by atoms with Crippen LogP contribution in [-0.4, -0.2) is 45.6 Å². The Kier molecular flexibility index (Phi) is 10.9. The summed E-state index contributed by atoms with van der Waals surface area (Å²) in [6.07, 6.45) is 2.15. The molecule has 0 saturated heterocycles. The van der Waals surface area contributed by atoms with Crippen molar-refractivity contribution in [2.24, 2.45) is 0 Å². The number of carbonyl (C=O) groups is 2. The van der Waals surface area contributed by atoms with Crippen LogP contribution in [0.1, 0.15) is 48.3 Å². The van der Waals surface area contributed by atoms with Gasteiger partial charge in [0.25, 0.3) is 0 Å². The highest BCUT2D eigenvalue weighted by Gasteiger charge is 2.19. The Hall–Kier alpha value is -2.27. The Morgan fingerprint density at radius 2 is 1.97 bits per heavy atom. The molecule has 1 N–H and O–H groups in total. The Bertz CT molecular complexity index is 1200. The minimum atomic E-state index is -0.436. The van der Waals surface area contributed by atoms with E-state index in [9.17, 15) is 9.59 Å². The zero-order valence-electron chi connectivity index (χ0n) is 20.3. The van der Waals surface area contributed by atoms with Crippen LogP contribution in [0.4, 0.5) is 5.00 Å². The van der Waals surface area contributed by atoms with Crippen LogP contribution in [0.25, 0.3) is 0 Å². The van der Waals surface area contributed by atoms with Gasteiger partial charge < -0.3 is 19.4 Å². The van der Waals surface area contributed by atoms with Crippen molar-refractivity contribution in [3.8, 4) is 5.75 Å². The van der Waals surface area contributed by atoms with Gasteiger partial charge in [-0.3, -0.25) is 4.79 Å². The van der Waals surface area contributed by atoms with E-state index in [2.05, 4.69) is 15.5 Å². The monoisotopic (exact) mass is 570 g/mol. The van der Waals surface area contributed by atoms with E-state index >= 15 is 0 Å². The van der Waals surface area contributed by atoms with Gasteiger partial charge in [-0.25, -0.2) is 4.79 Å². The molecule has 0 aliphatic heterocycles. The van der Waals surface area contributed by atoms with Crippen LogP contribution in [0.15, 0.2) is 29.4 Å². The molecule has 8 nitrogen and oxygen atoms in total. The number of hydrogen-bond acceptors (Lipinski definition) is 8. The number of amides is 1. The Morgan fingerprint density at radius 1 is 1.17 bits per heavy atom. The minimum absolute atomic E-state index is 0.137. The number of carbonyl (C=O) groups excluding carboxylic acids is 2. The first-order chi connectivity index (χ1) is 17.4. The van der Waals surface area contributed by atoms with Crippen molar-refractivity contribution in [2.75, 3.05) is 24.3 Å². The first kappa shape index (κ1) is 28.3. The molecule has 194 valence electrons. The van der Waals surface area contributed by atoms with Crippen molar-refractivity contribution in [1.29, 1.82) is 0 Å². The average molecular weight is 572 g/mol. The van der Waals surface area contributed by atoms with Crippen molar-refractivity contribution in [2.45, 2.75) is 51.7 Å². The summed E-state index contributed by atoms with van der Waals surface area (Å²) in [6, 6.07) is 6.89. The number of aromatic nitrogens is 3. The van der Waals surface area contributed by atoms with Crippen molar-refractivity contribution in [3.63, 3.8) is 0 Å². The molecule has 0 saturated carbocycles. The molecule has 0 bridgehead atoms. The highest BCUT2D eigenvalue weighted by atomic mass is 35.5. The summed E-state index contributed by atoms with van der Waals surface area (Å²) >= 11 is 14.7. The van der Waals surface area contributed by atoms with Crippen LogP contribution in [0.3, 0.4) is 0 Å². The van der Waals surface area contributed by atoms with Gasteiger partial charge in [0.1, 0.15) is 16.6 Å². The highest BCUT2D eigenvalue weighted by molar-refractivity contribution is 7.99. The van der Waals surface area contributed by atoms with Gasteiger partial charge in [0.15, 0.2) is 5.16 Å². The Morgan fingerprint density at radius 3 is 2.67 bits per heavy atom. The molecule has 1 aromatic carbocycles. The normalized spacial score (nSPS) is 10.9. The summed E-state index contributed by atoms with van der Waals surface area (Å²) < 4.78 is 12.8. The number of halogens is 2. The molecule has 0 fully saturated rings. The molecule has 12 heteroatoms. The summed E-state index contributed by atoms with van der Waals surface area (Å²) in [6.45, 7) is 7.16. The zero-order valence-corrected chi connectivity index (χ0v) is 23.5. The first-order valence-electron chi connectivity index (χ1n) is 11.6. The van der Waals surface area contributed by atoms with Gasteiger partial charge in [-0.1, -0.05) is 41.9 Å². The summed E-state index contributed by atoms with van der Waals surface area (Å²) in [4.78, 5) is 25.9. The predicted octanol–water partition coefficient (Wildman–Crippen LogP) is 6.15. The van der Waals surface area contributed by atoms with E-state index in [1.807, 2.05) is 18.4 Å². The minimum Gasteiger partial charge on any atom is -0.492 e. The van der Waals surface area contributed by atoms with Crippen LogP contribution in [0.5, 0.6) is 5.75 Å². The van der Waals surface area contributed by atoms with E-state index in [4.69, 9.17) is 32.7 Å². The topological polar surface area (TPSA) is 95.3 Å². The van der Waals surface area contributed by atoms with Gasteiger partial charge in [-0.2, -0.15) is 0 Å².